The highest BCUT2D eigenvalue weighted by molar-refractivity contribution is 7.19. The predicted molar refractivity (Wildman–Crippen MR) is 160 cm³/mol. The number of pyridine rings is 1. The van der Waals surface area contributed by atoms with Gasteiger partial charge in [-0.15, -0.1) is 11.3 Å². The Morgan fingerprint density at radius 3 is 2.74 bits per heavy atom. The van der Waals surface area contributed by atoms with Gasteiger partial charge in [0, 0.05) is 57.6 Å². The molecule has 1 aromatic carbocycles. The van der Waals surface area contributed by atoms with E-state index in [1.54, 1.807) is 13.1 Å². The summed E-state index contributed by atoms with van der Waals surface area (Å²) in [4.78, 5) is 7.92. The van der Waals surface area contributed by atoms with Crippen LogP contribution in [0.2, 0.25) is 5.02 Å². The smallest absolute Gasteiger partial charge is 0.255 e. The number of benzene rings is 1. The average molecular weight is 613 g/mol. The lowest BCUT2D eigenvalue weighted by molar-refractivity contribution is -0.172. The molecule has 2 unspecified atom stereocenters. The van der Waals surface area contributed by atoms with Gasteiger partial charge in [-0.05, 0) is 69.3 Å². The van der Waals surface area contributed by atoms with Gasteiger partial charge in [0.1, 0.15) is 6.23 Å². The molecule has 1 fully saturated rings. The molecule has 4 aromatic rings. The van der Waals surface area contributed by atoms with Crippen LogP contribution in [0.4, 0.5) is 8.78 Å². The van der Waals surface area contributed by atoms with Crippen LogP contribution in [0.3, 0.4) is 0 Å². The van der Waals surface area contributed by atoms with Crippen molar-refractivity contribution in [3.05, 3.63) is 64.4 Å². The van der Waals surface area contributed by atoms with Crippen molar-refractivity contribution in [1.29, 1.82) is 5.26 Å². The van der Waals surface area contributed by atoms with Gasteiger partial charge in [0.2, 0.25) is 0 Å². The highest BCUT2D eigenvalue weighted by atomic mass is 35.5. The molecular formula is C30H31ClF2N6O2S. The summed E-state index contributed by atoms with van der Waals surface area (Å²) in [5.74, 6) is 0. The van der Waals surface area contributed by atoms with Crippen molar-refractivity contribution in [1.82, 2.24) is 24.7 Å². The lowest BCUT2D eigenvalue weighted by atomic mass is 9.80. The molecule has 12 heteroatoms. The molecule has 0 radical (unpaired) electrons. The van der Waals surface area contributed by atoms with Crippen LogP contribution < -0.4 is 5.32 Å². The fourth-order valence-electron chi connectivity index (χ4n) is 6.11. The van der Waals surface area contributed by atoms with Crippen molar-refractivity contribution >= 4 is 44.1 Å². The summed E-state index contributed by atoms with van der Waals surface area (Å²) in [6, 6.07) is 12.3. The Morgan fingerprint density at radius 2 is 2.00 bits per heavy atom. The third-order valence-corrected chi connectivity index (χ3v) is 9.64. The Bertz CT molecular complexity index is 1690. The molecule has 3 aromatic heterocycles. The van der Waals surface area contributed by atoms with Gasteiger partial charge in [-0.2, -0.15) is 5.26 Å². The molecule has 42 heavy (non-hydrogen) atoms. The lowest BCUT2D eigenvalue weighted by Gasteiger charge is -2.43. The molecule has 1 saturated heterocycles. The quantitative estimate of drug-likeness (QED) is 0.259. The number of nitrogens with one attached hydrogen (secondary N) is 1. The SMILES string of the molecule is CC1=CC(O)N(Cc2cc3nccc(-c4cc(Cl)cc5ccn(CC6(C#N)CCNCC6)c45)c3s2)C(O)N1CC(F)F. The Hall–Kier alpha value is -3.11. The zero-order chi connectivity index (χ0) is 29.6. The monoisotopic (exact) mass is 612 g/mol. The summed E-state index contributed by atoms with van der Waals surface area (Å²) >= 11 is 8.07. The number of hydrogen-bond acceptors (Lipinski definition) is 8. The number of alkyl halides is 2. The molecule has 6 rings (SSSR count). The molecule has 0 aliphatic carbocycles. The molecule has 2 aliphatic heterocycles. The van der Waals surface area contributed by atoms with E-state index >= 15 is 0 Å². The van der Waals surface area contributed by atoms with Gasteiger partial charge in [-0.1, -0.05) is 11.6 Å². The average Bonchev–Trinajstić information content (AvgIpc) is 3.56. The van der Waals surface area contributed by atoms with Crippen molar-refractivity contribution in [3.8, 4) is 17.2 Å². The molecule has 0 amide bonds. The van der Waals surface area contributed by atoms with Crippen LogP contribution in [0.5, 0.6) is 0 Å². The van der Waals surface area contributed by atoms with Gasteiger partial charge >= 0.3 is 0 Å². The van der Waals surface area contributed by atoms with Crippen LogP contribution in [0.25, 0.3) is 32.2 Å². The van der Waals surface area contributed by atoms with Gasteiger partial charge in [0.25, 0.3) is 6.43 Å². The number of halogens is 3. The first-order valence-corrected chi connectivity index (χ1v) is 15.0. The zero-order valence-corrected chi connectivity index (χ0v) is 24.5. The van der Waals surface area contributed by atoms with E-state index in [9.17, 15) is 24.3 Å². The van der Waals surface area contributed by atoms with E-state index in [2.05, 4.69) is 20.9 Å². The van der Waals surface area contributed by atoms with E-state index < -0.39 is 31.0 Å². The van der Waals surface area contributed by atoms with E-state index in [4.69, 9.17) is 11.6 Å². The van der Waals surface area contributed by atoms with Crippen molar-refractivity contribution < 1.29 is 19.0 Å². The van der Waals surface area contributed by atoms with E-state index in [-0.39, 0.29) is 6.54 Å². The van der Waals surface area contributed by atoms with Crippen LogP contribution in [-0.4, -0.2) is 68.2 Å². The molecule has 0 spiro atoms. The molecule has 0 bridgehead atoms. The number of nitriles is 1. The largest absolute Gasteiger partial charge is 0.374 e. The van der Waals surface area contributed by atoms with Gasteiger partial charge in [-0.3, -0.25) is 4.98 Å². The van der Waals surface area contributed by atoms with Gasteiger partial charge < -0.3 is 25.0 Å². The lowest BCUT2D eigenvalue weighted by Crippen LogP contribution is -2.55. The summed E-state index contributed by atoms with van der Waals surface area (Å²) in [6.07, 6.45) is 1.58. The molecule has 5 heterocycles. The maximum Gasteiger partial charge on any atom is 0.255 e. The molecule has 2 atom stereocenters. The predicted octanol–water partition coefficient (Wildman–Crippen LogP) is 5.35. The van der Waals surface area contributed by atoms with Crippen molar-refractivity contribution in [2.45, 2.75) is 51.9 Å². The highest BCUT2D eigenvalue weighted by Gasteiger charge is 2.35. The van der Waals surface area contributed by atoms with E-state index in [0.717, 1.165) is 63.1 Å². The number of aliphatic hydroxyl groups excluding tert-OH is 2. The van der Waals surface area contributed by atoms with Crippen LogP contribution in [-0.2, 0) is 13.1 Å². The normalized spacial score (nSPS) is 21.3. The second-order valence-corrected chi connectivity index (χ2v) is 12.6. The Kier molecular flexibility index (Phi) is 7.95. The molecule has 2 aliphatic rings. The minimum absolute atomic E-state index is 0.131. The zero-order valence-electron chi connectivity index (χ0n) is 23.0. The fourth-order valence-corrected chi connectivity index (χ4v) is 7.49. The van der Waals surface area contributed by atoms with Crippen LogP contribution in [0.1, 0.15) is 24.6 Å². The third-order valence-electron chi connectivity index (χ3n) is 8.28. The number of hydrogen-bond donors (Lipinski definition) is 3. The minimum Gasteiger partial charge on any atom is -0.374 e. The number of aromatic nitrogens is 2. The van der Waals surface area contributed by atoms with Crippen LogP contribution in [0, 0.1) is 16.7 Å². The van der Waals surface area contributed by atoms with Crippen LogP contribution in [0.15, 0.2) is 54.5 Å². The van der Waals surface area contributed by atoms with Gasteiger partial charge in [0.15, 0.2) is 6.35 Å². The second-order valence-electron chi connectivity index (χ2n) is 11.0. The Balaban J connectivity index is 1.38. The summed E-state index contributed by atoms with van der Waals surface area (Å²) in [7, 11) is 0. The van der Waals surface area contributed by atoms with Gasteiger partial charge in [-0.25, -0.2) is 13.7 Å². The van der Waals surface area contributed by atoms with Crippen molar-refractivity contribution in [2.75, 3.05) is 19.6 Å². The third kappa shape index (κ3) is 5.39. The van der Waals surface area contributed by atoms with E-state index in [1.807, 2.05) is 36.5 Å². The number of piperidine rings is 1. The number of nitrogens with zero attached hydrogens (tertiary/aromatic N) is 5. The highest BCUT2D eigenvalue weighted by Crippen LogP contribution is 2.41. The number of fused-ring (bicyclic) bond motifs is 2. The molecular weight excluding hydrogens is 582 g/mol. The van der Waals surface area contributed by atoms with Crippen molar-refractivity contribution in [3.63, 3.8) is 0 Å². The molecule has 3 N–H and O–H groups in total. The first kappa shape index (κ1) is 29.0. The molecule has 8 nitrogen and oxygen atoms in total. The number of thiophene rings is 1. The number of rotatable bonds is 7. The first-order valence-electron chi connectivity index (χ1n) is 13.8. The Labute approximate surface area is 251 Å². The maximum absolute atomic E-state index is 13.2. The van der Waals surface area contributed by atoms with Gasteiger partial charge in [0.05, 0.1) is 33.8 Å². The second kappa shape index (κ2) is 11.5. The van der Waals surface area contributed by atoms with E-state index in [1.165, 1.54) is 27.2 Å². The topological polar surface area (TPSA) is 101 Å². The fraction of sp³-hybridized carbons (Fsp3) is 0.400. The summed E-state index contributed by atoms with van der Waals surface area (Å²) in [5, 5.41) is 36.6. The minimum atomic E-state index is -2.64. The maximum atomic E-state index is 13.2. The first-order chi connectivity index (χ1) is 20.2. The number of aliphatic hydroxyl groups is 2. The standard InChI is InChI=1S/C30H31ClF2N6O2S/c1-18-10-26(40)39(29(41)38(18)15-25(32)33)14-21-13-24-28(42-21)22(2-6-36-24)23-12-20(31)11-19-3-9-37(27(19)23)17-30(16-34)4-7-35-8-5-30/h2-3,6,9-13,25-26,29,35,40-41H,4-5,7-8,14-15,17H2,1H3. The molecule has 220 valence electrons. The Morgan fingerprint density at radius 1 is 1.21 bits per heavy atom. The van der Waals surface area contributed by atoms with E-state index in [0.29, 0.717) is 17.3 Å². The van der Waals surface area contributed by atoms with Crippen molar-refractivity contribution in [2.24, 2.45) is 5.41 Å². The number of allylic oxidation sites excluding steroid dienone is 1. The summed E-state index contributed by atoms with van der Waals surface area (Å²) in [6.45, 7) is 3.27. The summed E-state index contributed by atoms with van der Waals surface area (Å²) in [5.41, 5.74) is 3.50. The van der Waals surface area contributed by atoms with Crippen LogP contribution >= 0.6 is 22.9 Å². The summed E-state index contributed by atoms with van der Waals surface area (Å²) < 4.78 is 29.4. The molecule has 0 saturated carbocycles.